The second-order valence-corrected chi connectivity index (χ2v) is 33.2. The van der Waals surface area contributed by atoms with Crippen LogP contribution in [0.4, 0.5) is 17.1 Å². The number of aliphatic imine (C=N–C) groups is 1. The fourth-order valence-corrected chi connectivity index (χ4v) is 15.9. The first-order valence-corrected chi connectivity index (χ1v) is 42.9. The Balaban J connectivity index is 0.000000135. The van der Waals surface area contributed by atoms with Gasteiger partial charge < -0.3 is 47.9 Å². The Bertz CT molecular complexity index is 6070. The minimum absolute atomic E-state index is 0.0785. The lowest BCUT2D eigenvalue weighted by Crippen LogP contribution is -2.15. The molecule has 17 rings (SSSR count). The van der Waals surface area contributed by atoms with Crippen molar-refractivity contribution in [1.82, 2.24) is 62.6 Å². The van der Waals surface area contributed by atoms with Gasteiger partial charge in [0.2, 0.25) is 0 Å². The monoisotopic (exact) mass is 1650 g/mol. The van der Waals surface area contributed by atoms with Gasteiger partial charge in [-0.3, -0.25) is 34.3 Å². The molecule has 0 aliphatic carbocycles. The average molecular weight is 1650 g/mol. The van der Waals surface area contributed by atoms with E-state index in [0.29, 0.717) is 36.1 Å². The van der Waals surface area contributed by atoms with Gasteiger partial charge in [-0.15, -0.1) is 0 Å². The highest BCUT2D eigenvalue weighted by atomic mass is 16.5. The highest BCUT2D eigenvalue weighted by Gasteiger charge is 2.19. The third-order valence-corrected chi connectivity index (χ3v) is 22.7. The van der Waals surface area contributed by atoms with Gasteiger partial charge in [0.25, 0.3) is 0 Å². The van der Waals surface area contributed by atoms with Gasteiger partial charge in [-0.25, -0.2) is 4.68 Å². The van der Waals surface area contributed by atoms with Gasteiger partial charge in [0.05, 0.1) is 17.1 Å². The summed E-state index contributed by atoms with van der Waals surface area (Å²) in [6.07, 6.45) is 28.2. The van der Waals surface area contributed by atoms with Crippen molar-refractivity contribution in [2.24, 2.45) is 4.99 Å². The average Bonchev–Trinajstić information content (AvgIpc) is 1.63. The molecule has 19 heteroatoms. The lowest BCUT2D eigenvalue weighted by atomic mass is 9.99. The zero-order valence-electron chi connectivity index (χ0n) is 73.1. The van der Waals surface area contributed by atoms with Gasteiger partial charge >= 0.3 is 0 Å². The van der Waals surface area contributed by atoms with Gasteiger partial charge in [0.15, 0.2) is 17.3 Å². The van der Waals surface area contributed by atoms with Crippen LogP contribution in [0, 0.1) is 13.8 Å². The van der Waals surface area contributed by atoms with Crippen molar-refractivity contribution in [2.45, 2.75) is 97.8 Å². The number of benzene rings is 8. The molecule has 0 spiro atoms. The molecule has 1 aliphatic rings. The number of carbonyl (C=O) groups is 3. The topological polar surface area (TPSA) is 174 Å². The van der Waals surface area contributed by atoms with Gasteiger partial charge in [-0.05, 0) is 349 Å². The number of hydrogen-bond donors (Lipinski definition) is 1. The van der Waals surface area contributed by atoms with E-state index in [2.05, 4.69) is 273 Å². The molecule has 16 aromatic rings. The number of hydrogen-bond acceptors (Lipinski definition) is 14. The van der Waals surface area contributed by atoms with Crippen LogP contribution in [0.25, 0.3) is 60.6 Å². The number of Topliss-reactive ketones (excluding diaryl/α,β-unsaturated/α-hetero) is 3. The Morgan fingerprint density at radius 1 is 0.411 bits per heavy atom. The van der Waals surface area contributed by atoms with Crippen molar-refractivity contribution in [3.8, 4) is 28.4 Å². The standard InChI is InChI=1S/C28H32N4O.C27H29N3O.C26H27N3O2.C24H25N5/c1-20-21(2)32(17-5-16-31(3)4)27-11-10-25(19-26(20)27)30-24-8-6-23(7-9-24)28(33)18-22-12-14-29-15-13-22;1-29(2)15-3-16-30-17-12-25-19-23(6-9-26(25)30)18-21-4-7-24(8-5-21)27(31)20-22-10-13-28-14-11-22;1-28(2)15-3-16-29-17-12-22-19-24(8-9-25(22)29)31-23-6-4-21(5-7-23)26(30)18-20-10-13-27-14-11-20;1-27(2)13-4-14-28-15-10-20-17-19(7-8-22(20)28)21-11-16-29(26-21)23-6-3-5-18-9-12-25-24(18)23/h6-15,19,30H,5,16-18H2,1-4H3;4-14,17,19H,3,15-16,18,20H2,1-2H3;4-14,17,19H,3,15-16,18H2,1-2H3;3,5-8,10-12,15-17H,4,9,13-14H2,1-2H3. The number of nitrogens with zero attached hydrogens (tertiary/aromatic N) is 14. The Labute approximate surface area is 728 Å². The maximum absolute atomic E-state index is 12.6. The van der Waals surface area contributed by atoms with E-state index in [4.69, 9.17) is 9.84 Å². The van der Waals surface area contributed by atoms with Crippen LogP contribution >= 0.6 is 0 Å². The lowest BCUT2D eigenvalue weighted by Gasteiger charge is -2.12. The summed E-state index contributed by atoms with van der Waals surface area (Å²) in [5.41, 5.74) is 22.8. The van der Waals surface area contributed by atoms with Crippen LogP contribution in [0.2, 0.25) is 0 Å². The van der Waals surface area contributed by atoms with E-state index in [-0.39, 0.29) is 17.3 Å². The number of ether oxygens (including phenoxy) is 1. The van der Waals surface area contributed by atoms with Crippen LogP contribution in [0.5, 0.6) is 11.5 Å². The third-order valence-electron chi connectivity index (χ3n) is 22.7. The first-order valence-electron chi connectivity index (χ1n) is 42.9. The zero-order chi connectivity index (χ0) is 86.4. The van der Waals surface area contributed by atoms with Crippen LogP contribution in [-0.2, 0) is 58.3 Å². The number of fused-ring (bicyclic) bond motifs is 5. The predicted molar refractivity (Wildman–Crippen MR) is 507 cm³/mol. The molecule has 0 atom stereocenters. The molecule has 0 bridgehead atoms. The molecule has 8 aromatic carbocycles. The largest absolute Gasteiger partial charge is 0.457 e. The summed E-state index contributed by atoms with van der Waals surface area (Å²) in [7, 11) is 16.9. The van der Waals surface area contributed by atoms with Crippen LogP contribution in [0.1, 0.15) is 101 Å². The Kier molecular flexibility index (Phi) is 29.5. The second kappa shape index (κ2) is 42.0. The lowest BCUT2D eigenvalue weighted by molar-refractivity contribution is 0.0984. The van der Waals surface area contributed by atoms with E-state index >= 15 is 0 Å². The maximum Gasteiger partial charge on any atom is 0.167 e. The van der Waals surface area contributed by atoms with Gasteiger partial charge in [-0.1, -0.05) is 48.5 Å². The number of aromatic nitrogens is 9. The molecule has 0 saturated carbocycles. The van der Waals surface area contributed by atoms with Crippen molar-refractivity contribution >= 4 is 84.2 Å². The smallest absolute Gasteiger partial charge is 0.167 e. The summed E-state index contributed by atoms with van der Waals surface area (Å²) in [5, 5.41) is 13.3. The molecule has 0 amide bonds. The normalized spacial score (nSPS) is 11.7. The zero-order valence-corrected chi connectivity index (χ0v) is 73.1. The minimum Gasteiger partial charge on any atom is -0.457 e. The van der Waals surface area contributed by atoms with Crippen molar-refractivity contribution in [2.75, 3.05) is 87.9 Å². The fraction of sp³-hybridized carbons (Fsp3) is 0.257. The van der Waals surface area contributed by atoms with E-state index in [9.17, 15) is 14.4 Å². The molecule has 8 aromatic heterocycles. The second-order valence-electron chi connectivity index (χ2n) is 33.2. The quantitative estimate of drug-likeness (QED) is 0.0385. The van der Waals surface area contributed by atoms with E-state index in [1.54, 1.807) is 37.2 Å². The molecule has 1 aliphatic heterocycles. The summed E-state index contributed by atoms with van der Waals surface area (Å²) in [4.78, 5) is 63.0. The van der Waals surface area contributed by atoms with Crippen LogP contribution in [0.3, 0.4) is 0 Å². The molecule has 1 N–H and O–H groups in total. The summed E-state index contributed by atoms with van der Waals surface area (Å²) < 4.78 is 17.4. The molecule has 0 fully saturated rings. The number of para-hydroxylation sites is 1. The third kappa shape index (κ3) is 23.3. The predicted octanol–water partition coefficient (Wildman–Crippen LogP) is 20.7. The number of pyridine rings is 3. The number of aryl methyl sites for hydroxylation is 5. The molecule has 9 heterocycles. The maximum atomic E-state index is 12.6. The number of rotatable bonds is 33. The van der Waals surface area contributed by atoms with Crippen molar-refractivity contribution in [3.05, 3.63) is 348 Å². The Hall–Kier alpha value is -13.3. The molecule has 0 saturated heterocycles. The van der Waals surface area contributed by atoms with E-state index in [0.717, 1.165) is 158 Å². The van der Waals surface area contributed by atoms with Crippen molar-refractivity contribution in [1.29, 1.82) is 0 Å². The molecular weight excluding hydrogens is 1540 g/mol. The molecule has 0 unspecified atom stereocenters. The van der Waals surface area contributed by atoms with E-state index in [1.807, 2.05) is 120 Å². The van der Waals surface area contributed by atoms with E-state index in [1.165, 1.54) is 66.2 Å². The highest BCUT2D eigenvalue weighted by Crippen LogP contribution is 2.35. The number of nitrogens with one attached hydrogen (secondary N) is 1. The number of carbonyl (C=O) groups excluding carboxylic acids is 3. The Morgan fingerprint density at radius 2 is 0.863 bits per heavy atom. The van der Waals surface area contributed by atoms with Gasteiger partial charge in [0.1, 0.15) is 11.5 Å². The molecular formula is C105H113N15O4. The minimum atomic E-state index is 0.0785. The summed E-state index contributed by atoms with van der Waals surface area (Å²) in [6.45, 7) is 12.9. The van der Waals surface area contributed by atoms with Crippen molar-refractivity contribution < 1.29 is 19.1 Å². The summed E-state index contributed by atoms with van der Waals surface area (Å²) in [5.74, 6) is 1.82. The Morgan fingerprint density at radius 3 is 1.40 bits per heavy atom. The fourth-order valence-electron chi connectivity index (χ4n) is 15.9. The number of anilines is 2. The van der Waals surface area contributed by atoms with Crippen LogP contribution in [0.15, 0.2) is 291 Å². The van der Waals surface area contributed by atoms with E-state index < -0.39 is 0 Å². The molecule has 632 valence electrons. The van der Waals surface area contributed by atoms with Crippen molar-refractivity contribution in [3.63, 3.8) is 0 Å². The molecule has 0 radical (unpaired) electrons. The summed E-state index contributed by atoms with van der Waals surface area (Å²) in [6, 6.07) is 75.3. The number of ketones is 3. The molecule has 19 nitrogen and oxygen atoms in total. The van der Waals surface area contributed by atoms with Gasteiger partial charge in [0, 0.05) is 198 Å². The van der Waals surface area contributed by atoms with Gasteiger partial charge in [-0.2, -0.15) is 5.10 Å². The first-order chi connectivity index (χ1) is 60.3. The SMILES string of the molecule is CN(C)CCCn1ccc2cc(-c3ccn(-c4cccc5c4N=CC5)n3)ccc21.CN(C)CCCn1ccc2cc(Cc3ccc(C(=O)Cc4ccncc4)cc3)ccc21.CN(C)CCCn1ccc2cc(Oc3ccc(C(=O)Cc4ccncc4)cc3)ccc21.Cc1c(C)n(CCCN(C)C)c2ccc(Nc3ccc(C(=O)Cc4ccncc4)cc3)cc12. The first kappa shape index (κ1) is 87.1. The highest BCUT2D eigenvalue weighted by molar-refractivity contribution is 5.99. The van der Waals surface area contributed by atoms with Crippen LogP contribution in [-0.4, -0.2) is 169 Å². The molecule has 124 heavy (non-hydrogen) atoms. The summed E-state index contributed by atoms with van der Waals surface area (Å²) >= 11 is 0. The van der Waals surface area contributed by atoms with Crippen LogP contribution < -0.4 is 10.1 Å².